The van der Waals surface area contributed by atoms with E-state index in [1.165, 1.54) is 0 Å². The maximum atomic E-state index is 13.3. The number of amides is 2. The van der Waals surface area contributed by atoms with Gasteiger partial charge in [0.1, 0.15) is 0 Å². The summed E-state index contributed by atoms with van der Waals surface area (Å²) in [6.07, 6.45) is 0. The molecule has 0 heterocycles. The molecule has 0 spiro atoms. The zero-order chi connectivity index (χ0) is 22.3. The van der Waals surface area contributed by atoms with E-state index in [-0.39, 0.29) is 11.8 Å². The van der Waals surface area contributed by atoms with Crippen molar-refractivity contribution < 1.29 is 9.59 Å². The first-order chi connectivity index (χ1) is 15.6. The lowest BCUT2D eigenvalue weighted by molar-refractivity contribution is -0.116. The minimum absolute atomic E-state index is 0.156. The average Bonchev–Trinajstić information content (AvgIpc) is 2.81. The van der Waals surface area contributed by atoms with Gasteiger partial charge in [-0.05, 0) is 41.5 Å². The Morgan fingerprint density at radius 3 is 1.75 bits per heavy atom. The molecular formula is C27H21ClN2O2. The number of hydrogen-bond donors (Lipinski definition) is 2. The third-order valence-corrected chi connectivity index (χ3v) is 5.36. The van der Waals surface area contributed by atoms with Crippen LogP contribution >= 0.6 is 11.6 Å². The molecule has 4 rings (SSSR count). The molecule has 0 saturated heterocycles. The van der Waals surface area contributed by atoms with Gasteiger partial charge in [-0.3, -0.25) is 9.59 Å². The first-order valence-electron chi connectivity index (χ1n) is 10.2. The number of rotatable bonds is 6. The number of benzene rings is 4. The van der Waals surface area contributed by atoms with E-state index in [0.717, 1.165) is 11.1 Å². The monoisotopic (exact) mass is 440 g/mol. The fourth-order valence-corrected chi connectivity index (χ4v) is 3.74. The van der Waals surface area contributed by atoms with Gasteiger partial charge in [-0.2, -0.15) is 0 Å². The Bertz CT molecular complexity index is 1190. The van der Waals surface area contributed by atoms with Crippen molar-refractivity contribution in [3.8, 4) is 0 Å². The molecule has 2 N–H and O–H groups in total. The van der Waals surface area contributed by atoms with Gasteiger partial charge in [0, 0.05) is 11.4 Å². The summed E-state index contributed by atoms with van der Waals surface area (Å²) in [7, 11) is 0. The maximum Gasteiger partial charge on any atom is 0.257 e. The number of anilines is 2. The third-order valence-electron chi connectivity index (χ3n) is 5.03. The summed E-state index contributed by atoms with van der Waals surface area (Å²) >= 11 is 6.12. The molecule has 158 valence electrons. The van der Waals surface area contributed by atoms with Crippen LogP contribution < -0.4 is 10.6 Å². The fraction of sp³-hybridized carbons (Fsp3) is 0.0370. The molecule has 0 aliphatic rings. The topological polar surface area (TPSA) is 58.2 Å². The second-order valence-corrected chi connectivity index (χ2v) is 7.67. The van der Waals surface area contributed by atoms with Crippen LogP contribution in [0.5, 0.6) is 0 Å². The molecule has 0 bridgehead atoms. The standard InChI is InChI=1S/C27H21ClN2O2/c28-24-17-8-7-16-23(24)26(31)29-21-14-9-15-22(18-21)30-27(32)25(19-10-3-1-4-11-19)20-12-5-2-6-13-20/h1-18,25H,(H,29,31)(H,30,32). The minimum atomic E-state index is -0.459. The van der Waals surface area contributed by atoms with Crippen LogP contribution in [0.15, 0.2) is 109 Å². The average molecular weight is 441 g/mol. The summed E-state index contributed by atoms with van der Waals surface area (Å²) in [6.45, 7) is 0. The highest BCUT2D eigenvalue weighted by Crippen LogP contribution is 2.27. The van der Waals surface area contributed by atoms with Crippen molar-refractivity contribution in [3.05, 3.63) is 131 Å². The summed E-state index contributed by atoms with van der Waals surface area (Å²) in [5, 5.41) is 6.20. The van der Waals surface area contributed by atoms with E-state index >= 15 is 0 Å². The zero-order valence-corrected chi connectivity index (χ0v) is 17.9. The molecule has 0 aliphatic carbocycles. The quantitative estimate of drug-likeness (QED) is 0.366. The van der Waals surface area contributed by atoms with E-state index in [1.807, 2.05) is 60.7 Å². The molecular weight excluding hydrogens is 420 g/mol. The highest BCUT2D eigenvalue weighted by atomic mass is 35.5. The first-order valence-corrected chi connectivity index (χ1v) is 10.6. The van der Waals surface area contributed by atoms with Crippen LogP contribution in [0.3, 0.4) is 0 Å². The molecule has 0 radical (unpaired) electrons. The summed E-state index contributed by atoms with van der Waals surface area (Å²) in [5.41, 5.74) is 3.34. The molecule has 0 saturated carbocycles. The van der Waals surface area contributed by atoms with E-state index < -0.39 is 5.92 Å². The van der Waals surface area contributed by atoms with E-state index in [0.29, 0.717) is 22.0 Å². The van der Waals surface area contributed by atoms with Gasteiger partial charge in [-0.25, -0.2) is 0 Å². The van der Waals surface area contributed by atoms with Crippen LogP contribution in [0.25, 0.3) is 0 Å². The zero-order valence-electron chi connectivity index (χ0n) is 17.2. The van der Waals surface area contributed by atoms with Gasteiger partial charge in [-0.15, -0.1) is 0 Å². The van der Waals surface area contributed by atoms with E-state index in [2.05, 4.69) is 10.6 Å². The third kappa shape index (κ3) is 5.05. The Kier molecular flexibility index (Phi) is 6.63. The van der Waals surface area contributed by atoms with Crippen molar-refractivity contribution in [1.29, 1.82) is 0 Å². The van der Waals surface area contributed by atoms with E-state index in [9.17, 15) is 9.59 Å². The number of nitrogens with one attached hydrogen (secondary N) is 2. The summed E-state index contributed by atoms with van der Waals surface area (Å²) in [6, 6.07) is 33.2. The number of hydrogen-bond acceptors (Lipinski definition) is 2. The molecule has 0 atom stereocenters. The van der Waals surface area contributed by atoms with Gasteiger partial charge in [0.2, 0.25) is 5.91 Å². The number of carbonyl (C=O) groups excluding carboxylic acids is 2. The van der Waals surface area contributed by atoms with Gasteiger partial charge < -0.3 is 10.6 Å². The minimum Gasteiger partial charge on any atom is -0.325 e. The lowest BCUT2D eigenvalue weighted by Crippen LogP contribution is -2.22. The molecule has 2 amide bonds. The second kappa shape index (κ2) is 9.94. The van der Waals surface area contributed by atoms with Crippen molar-refractivity contribution in [2.24, 2.45) is 0 Å². The lowest BCUT2D eigenvalue weighted by Gasteiger charge is -2.18. The van der Waals surface area contributed by atoms with Crippen molar-refractivity contribution in [3.63, 3.8) is 0 Å². The maximum absolute atomic E-state index is 13.3. The molecule has 32 heavy (non-hydrogen) atoms. The number of halogens is 1. The Balaban J connectivity index is 1.55. The predicted octanol–water partition coefficient (Wildman–Crippen LogP) is 6.36. The van der Waals surface area contributed by atoms with E-state index in [1.54, 1.807) is 48.5 Å². The molecule has 4 nitrogen and oxygen atoms in total. The smallest absolute Gasteiger partial charge is 0.257 e. The first kappa shape index (κ1) is 21.3. The summed E-state index contributed by atoms with van der Waals surface area (Å²) < 4.78 is 0. The summed E-state index contributed by atoms with van der Waals surface area (Å²) in [5.74, 6) is -0.929. The van der Waals surface area contributed by atoms with Crippen LogP contribution in [0, 0.1) is 0 Å². The lowest BCUT2D eigenvalue weighted by atomic mass is 9.90. The van der Waals surface area contributed by atoms with Gasteiger partial charge >= 0.3 is 0 Å². The van der Waals surface area contributed by atoms with Crippen molar-refractivity contribution >= 4 is 34.8 Å². The van der Waals surface area contributed by atoms with Crippen LogP contribution in [0.2, 0.25) is 5.02 Å². The van der Waals surface area contributed by atoms with Crippen molar-refractivity contribution in [2.45, 2.75) is 5.92 Å². The van der Waals surface area contributed by atoms with Gasteiger partial charge in [-0.1, -0.05) is 90.5 Å². The molecule has 4 aromatic rings. The highest BCUT2D eigenvalue weighted by Gasteiger charge is 2.22. The molecule has 0 fully saturated rings. The van der Waals surface area contributed by atoms with Gasteiger partial charge in [0.05, 0.1) is 16.5 Å². The Hall–Kier alpha value is -3.89. The molecule has 4 aromatic carbocycles. The Morgan fingerprint density at radius 2 is 1.16 bits per heavy atom. The van der Waals surface area contributed by atoms with Gasteiger partial charge in [0.25, 0.3) is 5.91 Å². The second-order valence-electron chi connectivity index (χ2n) is 7.26. The van der Waals surface area contributed by atoms with Crippen LogP contribution in [-0.4, -0.2) is 11.8 Å². The predicted molar refractivity (Wildman–Crippen MR) is 129 cm³/mol. The molecule has 0 aromatic heterocycles. The molecule has 0 unspecified atom stereocenters. The molecule has 0 aliphatic heterocycles. The summed E-state index contributed by atoms with van der Waals surface area (Å²) in [4.78, 5) is 25.9. The van der Waals surface area contributed by atoms with Crippen LogP contribution in [-0.2, 0) is 4.79 Å². The fourth-order valence-electron chi connectivity index (χ4n) is 3.52. The van der Waals surface area contributed by atoms with Crippen molar-refractivity contribution in [2.75, 3.05) is 10.6 Å². The van der Waals surface area contributed by atoms with Crippen LogP contribution in [0.4, 0.5) is 11.4 Å². The van der Waals surface area contributed by atoms with Gasteiger partial charge in [0.15, 0.2) is 0 Å². The van der Waals surface area contributed by atoms with Crippen LogP contribution in [0.1, 0.15) is 27.4 Å². The Morgan fingerprint density at radius 1 is 0.625 bits per heavy atom. The van der Waals surface area contributed by atoms with E-state index in [4.69, 9.17) is 11.6 Å². The normalized spacial score (nSPS) is 10.6. The Labute approximate surface area is 191 Å². The number of carbonyl (C=O) groups is 2. The van der Waals surface area contributed by atoms with Crippen molar-refractivity contribution in [1.82, 2.24) is 0 Å². The highest BCUT2D eigenvalue weighted by molar-refractivity contribution is 6.34. The largest absolute Gasteiger partial charge is 0.325 e. The molecule has 5 heteroatoms. The SMILES string of the molecule is O=C(Nc1cccc(NC(=O)C(c2ccccc2)c2ccccc2)c1)c1ccccc1Cl.